The summed E-state index contributed by atoms with van der Waals surface area (Å²) in [4.78, 5) is 29.1. The maximum Gasteiger partial charge on any atom is 0.407 e. The Morgan fingerprint density at radius 3 is 2.84 bits per heavy atom. The number of rotatable bonds is 7. The first-order valence-electron chi connectivity index (χ1n) is 7.83. The molecule has 25 heavy (non-hydrogen) atoms. The number of ether oxygens (including phenoxy) is 3. The predicted molar refractivity (Wildman–Crippen MR) is 98.3 cm³/mol. The van der Waals surface area contributed by atoms with Gasteiger partial charge in [0.05, 0.1) is 13.2 Å². The quantitative estimate of drug-likeness (QED) is 0.373. The Bertz CT molecular complexity index is 588. The summed E-state index contributed by atoms with van der Waals surface area (Å²) in [5.74, 6) is 0.394. The van der Waals surface area contributed by atoms with E-state index in [4.69, 9.17) is 14.2 Å². The van der Waals surface area contributed by atoms with Crippen molar-refractivity contribution in [3.05, 3.63) is 34.1 Å². The lowest BCUT2D eigenvalue weighted by atomic mass is 10.3. The highest BCUT2D eigenvalue weighted by Gasteiger charge is 2.13. The fourth-order valence-electron chi connectivity index (χ4n) is 1.97. The van der Waals surface area contributed by atoms with Crippen molar-refractivity contribution in [2.45, 2.75) is 0 Å². The molecule has 0 spiro atoms. The molecule has 0 aromatic carbocycles. The van der Waals surface area contributed by atoms with Crippen molar-refractivity contribution < 1.29 is 23.8 Å². The number of pyridine rings is 1. The second-order valence-electron chi connectivity index (χ2n) is 5.02. The van der Waals surface area contributed by atoms with E-state index in [1.807, 2.05) is 6.07 Å². The second kappa shape index (κ2) is 10.9. The normalized spacial score (nSPS) is 14.4. The molecule has 0 atom stereocenters. The van der Waals surface area contributed by atoms with Gasteiger partial charge in [-0.15, -0.1) is 0 Å². The van der Waals surface area contributed by atoms with Gasteiger partial charge in [0.2, 0.25) is 11.8 Å². The average molecular weight is 461 g/mol. The molecule has 1 aliphatic heterocycles. The van der Waals surface area contributed by atoms with Gasteiger partial charge in [0, 0.05) is 41.5 Å². The topological polar surface area (TPSA) is 90.0 Å². The number of carbonyl (C=O) groups excluding carboxylic acids is 2. The summed E-state index contributed by atoms with van der Waals surface area (Å²) in [5, 5.41) is 2.53. The molecule has 2 rings (SSSR count). The summed E-state index contributed by atoms with van der Waals surface area (Å²) in [7, 11) is 0. The first kappa shape index (κ1) is 19.4. The van der Waals surface area contributed by atoms with Gasteiger partial charge < -0.3 is 24.4 Å². The molecule has 9 heteroatoms. The van der Waals surface area contributed by atoms with Gasteiger partial charge in [0.25, 0.3) is 0 Å². The van der Waals surface area contributed by atoms with E-state index < -0.39 is 6.09 Å². The summed E-state index contributed by atoms with van der Waals surface area (Å²) in [5.41, 5.74) is 0. The molecular formula is C16H20IN3O5. The molecule has 1 fully saturated rings. The molecule has 1 saturated heterocycles. The fraction of sp³-hybridized carbons (Fsp3) is 0.438. The number of halogens is 1. The zero-order valence-corrected chi connectivity index (χ0v) is 15.8. The van der Waals surface area contributed by atoms with Crippen LogP contribution in [-0.2, 0) is 14.3 Å². The first-order chi connectivity index (χ1) is 12.1. The maximum absolute atomic E-state index is 11.8. The Kier molecular flexibility index (Phi) is 8.46. The van der Waals surface area contributed by atoms with Crippen molar-refractivity contribution in [2.24, 2.45) is 0 Å². The maximum atomic E-state index is 11.8. The average Bonchev–Trinajstić information content (AvgIpc) is 2.64. The van der Waals surface area contributed by atoms with Gasteiger partial charge in [-0.1, -0.05) is 6.08 Å². The molecule has 0 radical (unpaired) electrons. The highest BCUT2D eigenvalue weighted by molar-refractivity contribution is 14.1. The van der Waals surface area contributed by atoms with Crippen molar-refractivity contribution in [3.63, 3.8) is 0 Å². The van der Waals surface area contributed by atoms with Crippen LogP contribution in [0.2, 0.25) is 0 Å². The lowest BCUT2D eigenvalue weighted by molar-refractivity contribution is -0.129. The van der Waals surface area contributed by atoms with Gasteiger partial charge >= 0.3 is 6.09 Å². The standard InChI is InChI=1S/C16H20IN3O5/c17-13-3-4-14(19-12-13)24-10-11-25-16(22)18-5-1-2-15(21)20-6-8-23-9-7-20/h1-4,12H,5-11H2,(H,18,22)/b2-1+. The Hall–Kier alpha value is -1.88. The van der Waals surface area contributed by atoms with E-state index in [-0.39, 0.29) is 25.7 Å². The van der Waals surface area contributed by atoms with Gasteiger partial charge in [-0.3, -0.25) is 4.79 Å². The van der Waals surface area contributed by atoms with Crippen molar-refractivity contribution in [2.75, 3.05) is 46.1 Å². The van der Waals surface area contributed by atoms with Crippen LogP contribution in [0.5, 0.6) is 5.88 Å². The molecule has 1 aromatic rings. The molecule has 0 unspecified atom stereocenters. The van der Waals surface area contributed by atoms with Crippen molar-refractivity contribution in [3.8, 4) is 5.88 Å². The van der Waals surface area contributed by atoms with Gasteiger partial charge in [-0.05, 0) is 28.7 Å². The van der Waals surface area contributed by atoms with Crippen LogP contribution in [0.4, 0.5) is 4.79 Å². The van der Waals surface area contributed by atoms with E-state index in [0.29, 0.717) is 32.2 Å². The number of hydrogen-bond acceptors (Lipinski definition) is 6. The molecular weight excluding hydrogens is 441 g/mol. The van der Waals surface area contributed by atoms with Crippen molar-refractivity contribution in [1.82, 2.24) is 15.2 Å². The summed E-state index contributed by atoms with van der Waals surface area (Å²) in [6, 6.07) is 3.62. The smallest absolute Gasteiger partial charge is 0.407 e. The van der Waals surface area contributed by atoms with Gasteiger partial charge in [0.1, 0.15) is 13.2 Å². The van der Waals surface area contributed by atoms with Gasteiger partial charge in [-0.2, -0.15) is 0 Å². The van der Waals surface area contributed by atoms with E-state index in [9.17, 15) is 9.59 Å². The number of alkyl carbamates (subject to hydrolysis) is 1. The van der Waals surface area contributed by atoms with E-state index in [1.165, 1.54) is 6.08 Å². The SMILES string of the molecule is O=C(NC/C=C/C(=O)N1CCOCC1)OCCOc1ccc(I)cn1. The largest absolute Gasteiger partial charge is 0.474 e. The minimum atomic E-state index is -0.567. The van der Waals surface area contributed by atoms with E-state index >= 15 is 0 Å². The van der Waals surface area contributed by atoms with Crippen molar-refractivity contribution >= 4 is 34.6 Å². The van der Waals surface area contributed by atoms with Crippen LogP contribution in [0.3, 0.4) is 0 Å². The molecule has 0 aliphatic carbocycles. The summed E-state index contributed by atoms with van der Waals surface area (Å²) in [6.07, 6.45) is 4.15. The van der Waals surface area contributed by atoms with Crippen LogP contribution >= 0.6 is 22.6 Å². The van der Waals surface area contributed by atoms with Crippen LogP contribution in [0.25, 0.3) is 0 Å². The summed E-state index contributed by atoms with van der Waals surface area (Å²) in [6.45, 7) is 2.84. The Balaban J connectivity index is 1.53. The first-order valence-corrected chi connectivity index (χ1v) is 8.91. The molecule has 136 valence electrons. The van der Waals surface area contributed by atoms with E-state index in [0.717, 1.165) is 3.57 Å². The lowest BCUT2D eigenvalue weighted by Gasteiger charge is -2.25. The summed E-state index contributed by atoms with van der Waals surface area (Å²) < 4.78 is 16.5. The number of amides is 2. The van der Waals surface area contributed by atoms with E-state index in [1.54, 1.807) is 23.2 Å². The van der Waals surface area contributed by atoms with Gasteiger partial charge in [0.15, 0.2) is 0 Å². The van der Waals surface area contributed by atoms with Crippen LogP contribution in [0.1, 0.15) is 0 Å². The minimum Gasteiger partial charge on any atom is -0.474 e. The number of nitrogens with zero attached hydrogens (tertiary/aromatic N) is 2. The van der Waals surface area contributed by atoms with E-state index in [2.05, 4.69) is 32.9 Å². The van der Waals surface area contributed by atoms with Gasteiger partial charge in [-0.25, -0.2) is 9.78 Å². The Morgan fingerprint density at radius 1 is 1.32 bits per heavy atom. The van der Waals surface area contributed by atoms with Crippen LogP contribution in [0, 0.1) is 3.57 Å². The number of hydrogen-bond donors (Lipinski definition) is 1. The Labute approximate surface area is 159 Å². The number of morpholine rings is 1. The number of aromatic nitrogens is 1. The van der Waals surface area contributed by atoms with Crippen LogP contribution < -0.4 is 10.1 Å². The molecule has 8 nitrogen and oxygen atoms in total. The molecule has 1 aromatic heterocycles. The number of nitrogens with one attached hydrogen (secondary N) is 1. The monoisotopic (exact) mass is 461 g/mol. The number of carbonyl (C=O) groups is 2. The molecule has 1 aliphatic rings. The third-order valence-electron chi connectivity index (χ3n) is 3.21. The molecule has 0 bridgehead atoms. The van der Waals surface area contributed by atoms with Crippen LogP contribution in [0.15, 0.2) is 30.5 Å². The Morgan fingerprint density at radius 2 is 2.12 bits per heavy atom. The lowest BCUT2D eigenvalue weighted by Crippen LogP contribution is -2.39. The third-order valence-corrected chi connectivity index (χ3v) is 3.85. The fourth-order valence-corrected chi connectivity index (χ4v) is 2.29. The molecule has 1 N–H and O–H groups in total. The minimum absolute atomic E-state index is 0.0862. The molecule has 0 saturated carbocycles. The zero-order valence-electron chi connectivity index (χ0n) is 13.7. The zero-order chi connectivity index (χ0) is 17.9. The van der Waals surface area contributed by atoms with Crippen LogP contribution in [-0.4, -0.2) is 67.9 Å². The third kappa shape index (κ3) is 7.69. The highest BCUT2D eigenvalue weighted by Crippen LogP contribution is 2.08. The van der Waals surface area contributed by atoms with Crippen molar-refractivity contribution in [1.29, 1.82) is 0 Å². The summed E-state index contributed by atoms with van der Waals surface area (Å²) >= 11 is 2.15. The molecule has 2 heterocycles. The second-order valence-corrected chi connectivity index (χ2v) is 6.27. The predicted octanol–water partition coefficient (Wildman–Crippen LogP) is 1.21. The molecule has 2 amide bonds. The highest BCUT2D eigenvalue weighted by atomic mass is 127.